The maximum Gasteiger partial charge on any atom is 0.202 e. The van der Waals surface area contributed by atoms with Crippen molar-refractivity contribution >= 4 is 22.9 Å². The van der Waals surface area contributed by atoms with Gasteiger partial charge in [0.15, 0.2) is 0 Å². The SMILES string of the molecule is CC(C)CC1(CC(C)C)Nc2cc(O)c3c(c2N1)C(=O)c1c(O)ccc(O)c1C3=O. The monoisotopic (exact) mass is 410 g/mol. The lowest BCUT2D eigenvalue weighted by Gasteiger charge is -2.34. The van der Waals surface area contributed by atoms with Crippen LogP contribution in [0.5, 0.6) is 17.2 Å². The molecule has 1 aliphatic heterocycles. The lowest BCUT2D eigenvalue weighted by atomic mass is 9.81. The van der Waals surface area contributed by atoms with Crippen molar-refractivity contribution in [3.05, 3.63) is 40.5 Å². The molecule has 0 saturated heterocycles. The van der Waals surface area contributed by atoms with Gasteiger partial charge in [-0.1, -0.05) is 27.7 Å². The van der Waals surface area contributed by atoms with Crippen LogP contribution in [-0.2, 0) is 0 Å². The van der Waals surface area contributed by atoms with Crippen molar-refractivity contribution in [2.24, 2.45) is 11.8 Å². The Morgan fingerprint density at radius 3 is 1.73 bits per heavy atom. The third-order valence-electron chi connectivity index (χ3n) is 5.63. The first-order valence-corrected chi connectivity index (χ1v) is 10.2. The molecule has 2 aliphatic rings. The van der Waals surface area contributed by atoms with Crippen LogP contribution in [0.1, 0.15) is 72.4 Å². The molecule has 4 rings (SSSR count). The second kappa shape index (κ2) is 6.65. The molecule has 30 heavy (non-hydrogen) atoms. The van der Waals surface area contributed by atoms with Gasteiger partial charge in [-0.15, -0.1) is 0 Å². The Kier molecular flexibility index (Phi) is 4.45. The summed E-state index contributed by atoms with van der Waals surface area (Å²) in [5.41, 5.74) is -0.225. The first-order valence-electron chi connectivity index (χ1n) is 10.2. The number of phenolic OH excluding ortho intramolecular Hbond substituents is 3. The molecule has 1 heterocycles. The highest BCUT2D eigenvalue weighted by Crippen LogP contribution is 2.50. The minimum absolute atomic E-state index is 0.0188. The van der Waals surface area contributed by atoms with Gasteiger partial charge in [-0.2, -0.15) is 0 Å². The Bertz CT molecular complexity index is 1080. The molecule has 0 fully saturated rings. The average Bonchev–Trinajstić information content (AvgIpc) is 2.95. The maximum absolute atomic E-state index is 13.4. The molecule has 158 valence electrons. The minimum atomic E-state index is -0.694. The van der Waals surface area contributed by atoms with Gasteiger partial charge in [-0.3, -0.25) is 9.59 Å². The number of carbonyl (C=O) groups is 2. The molecule has 0 amide bonds. The molecular formula is C23H26N2O5. The van der Waals surface area contributed by atoms with Crippen LogP contribution >= 0.6 is 0 Å². The highest BCUT2D eigenvalue weighted by molar-refractivity contribution is 6.33. The summed E-state index contributed by atoms with van der Waals surface area (Å²) in [6.45, 7) is 8.42. The lowest BCUT2D eigenvalue weighted by molar-refractivity contribution is 0.0972. The van der Waals surface area contributed by atoms with Gasteiger partial charge < -0.3 is 26.0 Å². The molecule has 0 radical (unpaired) electrons. The number of carbonyl (C=O) groups excluding carboxylic acids is 2. The van der Waals surface area contributed by atoms with E-state index in [0.29, 0.717) is 23.2 Å². The third kappa shape index (κ3) is 2.88. The number of hydrogen-bond acceptors (Lipinski definition) is 7. The third-order valence-corrected chi connectivity index (χ3v) is 5.63. The number of fused-ring (bicyclic) bond motifs is 4. The number of anilines is 2. The molecule has 1 aliphatic carbocycles. The zero-order valence-corrected chi connectivity index (χ0v) is 17.5. The summed E-state index contributed by atoms with van der Waals surface area (Å²) >= 11 is 0. The molecule has 7 nitrogen and oxygen atoms in total. The fraction of sp³-hybridized carbons (Fsp3) is 0.391. The van der Waals surface area contributed by atoms with E-state index in [0.717, 1.165) is 18.9 Å². The van der Waals surface area contributed by atoms with Crippen LogP contribution in [-0.4, -0.2) is 32.5 Å². The summed E-state index contributed by atoms with van der Waals surface area (Å²) in [6.07, 6.45) is 1.53. The first-order chi connectivity index (χ1) is 14.0. The van der Waals surface area contributed by atoms with Crippen LogP contribution in [0.15, 0.2) is 18.2 Å². The fourth-order valence-electron chi connectivity index (χ4n) is 4.85. The second-order valence-electron chi connectivity index (χ2n) is 9.11. The van der Waals surface area contributed by atoms with E-state index in [1.807, 2.05) is 0 Å². The van der Waals surface area contributed by atoms with Crippen molar-refractivity contribution in [3.8, 4) is 17.2 Å². The van der Waals surface area contributed by atoms with Crippen LogP contribution in [0.25, 0.3) is 0 Å². The van der Waals surface area contributed by atoms with Gasteiger partial charge in [0.25, 0.3) is 0 Å². The van der Waals surface area contributed by atoms with Crippen molar-refractivity contribution in [1.29, 1.82) is 0 Å². The molecule has 0 bridgehead atoms. The minimum Gasteiger partial charge on any atom is -0.507 e. The highest BCUT2D eigenvalue weighted by Gasteiger charge is 2.44. The van der Waals surface area contributed by atoms with Gasteiger partial charge in [-0.05, 0) is 36.8 Å². The summed E-state index contributed by atoms with van der Waals surface area (Å²) in [5.74, 6) is -1.74. The van der Waals surface area contributed by atoms with Gasteiger partial charge in [0.2, 0.25) is 11.6 Å². The summed E-state index contributed by atoms with van der Waals surface area (Å²) in [7, 11) is 0. The predicted molar refractivity (Wildman–Crippen MR) is 114 cm³/mol. The Morgan fingerprint density at radius 2 is 1.23 bits per heavy atom. The summed E-state index contributed by atoms with van der Waals surface area (Å²) in [4.78, 5) is 26.5. The number of nitrogens with one attached hydrogen (secondary N) is 2. The van der Waals surface area contributed by atoms with Gasteiger partial charge >= 0.3 is 0 Å². The predicted octanol–water partition coefficient (Wildman–Crippen LogP) is 4.20. The van der Waals surface area contributed by atoms with Crippen molar-refractivity contribution in [3.63, 3.8) is 0 Å². The van der Waals surface area contributed by atoms with Crippen molar-refractivity contribution in [2.75, 3.05) is 10.6 Å². The summed E-state index contributed by atoms with van der Waals surface area (Å²) in [6, 6.07) is 3.78. The molecule has 2 aromatic carbocycles. The smallest absolute Gasteiger partial charge is 0.202 e. The van der Waals surface area contributed by atoms with Gasteiger partial charge in [0.05, 0.1) is 33.6 Å². The zero-order chi connectivity index (χ0) is 22.0. The first kappa shape index (κ1) is 20.1. The van der Waals surface area contributed by atoms with E-state index in [4.69, 9.17) is 0 Å². The van der Waals surface area contributed by atoms with E-state index in [1.165, 1.54) is 12.1 Å². The topological polar surface area (TPSA) is 119 Å². The summed E-state index contributed by atoms with van der Waals surface area (Å²) in [5, 5.41) is 38.0. The molecule has 0 saturated carbocycles. The zero-order valence-electron chi connectivity index (χ0n) is 17.5. The van der Waals surface area contributed by atoms with Crippen LogP contribution in [0, 0.1) is 11.8 Å². The Morgan fingerprint density at radius 1 is 0.767 bits per heavy atom. The number of aromatic hydroxyl groups is 3. The van der Waals surface area contributed by atoms with Crippen LogP contribution < -0.4 is 10.6 Å². The van der Waals surface area contributed by atoms with E-state index in [1.54, 1.807) is 0 Å². The fourth-order valence-corrected chi connectivity index (χ4v) is 4.85. The molecule has 0 unspecified atom stereocenters. The quantitative estimate of drug-likeness (QED) is 0.409. The molecule has 0 aromatic heterocycles. The molecule has 2 aromatic rings. The van der Waals surface area contributed by atoms with Crippen molar-refractivity contribution in [1.82, 2.24) is 0 Å². The van der Waals surface area contributed by atoms with Gasteiger partial charge in [0.1, 0.15) is 22.9 Å². The van der Waals surface area contributed by atoms with E-state index < -0.39 is 23.0 Å². The van der Waals surface area contributed by atoms with Crippen molar-refractivity contribution < 1.29 is 24.9 Å². The average molecular weight is 410 g/mol. The number of hydrogen-bond donors (Lipinski definition) is 5. The normalized spacial score (nSPS) is 16.2. The van der Waals surface area contributed by atoms with Crippen LogP contribution in [0.3, 0.4) is 0 Å². The molecular weight excluding hydrogens is 384 g/mol. The van der Waals surface area contributed by atoms with Crippen LogP contribution in [0.4, 0.5) is 11.4 Å². The highest BCUT2D eigenvalue weighted by atomic mass is 16.3. The Hall–Kier alpha value is -3.22. The van der Waals surface area contributed by atoms with E-state index >= 15 is 0 Å². The number of phenols is 3. The van der Waals surface area contributed by atoms with Crippen molar-refractivity contribution in [2.45, 2.75) is 46.2 Å². The van der Waals surface area contributed by atoms with Gasteiger partial charge in [0, 0.05) is 6.07 Å². The van der Waals surface area contributed by atoms with E-state index in [9.17, 15) is 24.9 Å². The standard InChI is InChI=1S/C23H26N2O5/c1-10(2)8-23(9-11(3)4)24-12-7-15(28)18-19(20(12)25-23)22(30)17-14(27)6-5-13(26)16(17)21(18)29/h5-7,10-11,24-28H,8-9H2,1-4H3. The molecule has 5 N–H and O–H groups in total. The largest absolute Gasteiger partial charge is 0.507 e. The number of rotatable bonds is 4. The maximum atomic E-state index is 13.4. The molecule has 0 spiro atoms. The van der Waals surface area contributed by atoms with E-state index in [-0.39, 0.29) is 33.8 Å². The Labute approximate surface area is 174 Å². The van der Waals surface area contributed by atoms with Crippen LogP contribution in [0.2, 0.25) is 0 Å². The second-order valence-corrected chi connectivity index (χ2v) is 9.11. The van der Waals surface area contributed by atoms with E-state index in [2.05, 4.69) is 38.3 Å². The number of benzene rings is 2. The number of ketones is 2. The molecule has 7 heteroatoms. The summed E-state index contributed by atoms with van der Waals surface area (Å²) < 4.78 is 0. The Balaban J connectivity index is 1.92. The van der Waals surface area contributed by atoms with Gasteiger partial charge in [-0.25, -0.2) is 0 Å². The lowest BCUT2D eigenvalue weighted by Crippen LogP contribution is -2.44. The molecule has 0 atom stereocenters.